The van der Waals surface area contributed by atoms with Crippen LogP contribution in [0.1, 0.15) is 12.8 Å². The number of likely N-dealkylation sites (tertiary alicyclic amines) is 1. The first-order valence-corrected chi connectivity index (χ1v) is 7.18. The van der Waals surface area contributed by atoms with Crippen molar-refractivity contribution >= 4 is 15.7 Å². The normalized spacial score (nSPS) is 22.4. The number of carbonyl (C=O) groups is 1. The van der Waals surface area contributed by atoms with Crippen LogP contribution in [-0.4, -0.2) is 56.4 Å². The zero-order valence-electron chi connectivity index (χ0n) is 9.26. The van der Waals surface area contributed by atoms with E-state index in [1.54, 1.807) is 0 Å². The van der Waals surface area contributed by atoms with Gasteiger partial charge in [-0.05, 0) is 13.0 Å². The standard InChI is InChI=1S/C9H19N3O3S/c10-8-1-3-12(7-8)4-6-16(14,15)5-2-9(11)13/h8H,1-7,10H2,(H2,11,13)/t8-/m1/s1. The Balaban J connectivity index is 2.28. The van der Waals surface area contributed by atoms with Crippen LogP contribution in [0.5, 0.6) is 0 Å². The molecule has 1 heterocycles. The van der Waals surface area contributed by atoms with Gasteiger partial charge in [-0.15, -0.1) is 0 Å². The van der Waals surface area contributed by atoms with Crippen LogP contribution in [-0.2, 0) is 14.6 Å². The lowest BCUT2D eigenvalue weighted by atomic mass is 10.3. The Labute approximate surface area is 95.9 Å². The van der Waals surface area contributed by atoms with Gasteiger partial charge in [0.25, 0.3) is 0 Å². The fourth-order valence-corrected chi connectivity index (χ4v) is 2.94. The third-order valence-corrected chi connectivity index (χ3v) is 4.32. The lowest BCUT2D eigenvalue weighted by molar-refractivity contribution is -0.117. The summed E-state index contributed by atoms with van der Waals surface area (Å²) in [6.45, 7) is 2.10. The third-order valence-electron chi connectivity index (χ3n) is 2.69. The van der Waals surface area contributed by atoms with Gasteiger partial charge in [-0.3, -0.25) is 4.79 Å². The van der Waals surface area contributed by atoms with E-state index in [-0.39, 0.29) is 24.0 Å². The van der Waals surface area contributed by atoms with Gasteiger partial charge in [-0.1, -0.05) is 0 Å². The molecule has 0 saturated carbocycles. The number of nitrogens with two attached hydrogens (primary N) is 2. The lowest BCUT2D eigenvalue weighted by Crippen LogP contribution is -2.31. The second kappa shape index (κ2) is 5.60. The van der Waals surface area contributed by atoms with Gasteiger partial charge in [-0.25, -0.2) is 8.42 Å². The molecule has 1 atom stereocenters. The quantitative estimate of drug-likeness (QED) is 0.584. The van der Waals surface area contributed by atoms with Crippen LogP contribution in [0.4, 0.5) is 0 Å². The minimum atomic E-state index is -3.16. The Hall–Kier alpha value is -0.660. The molecular formula is C9H19N3O3S. The number of amides is 1. The summed E-state index contributed by atoms with van der Waals surface area (Å²) in [5, 5.41) is 0. The van der Waals surface area contributed by atoms with Crippen molar-refractivity contribution in [3.05, 3.63) is 0 Å². The van der Waals surface area contributed by atoms with Crippen molar-refractivity contribution in [1.29, 1.82) is 0 Å². The second-order valence-corrected chi connectivity index (χ2v) is 6.52. The first-order valence-electron chi connectivity index (χ1n) is 5.36. The van der Waals surface area contributed by atoms with Crippen LogP contribution in [0.2, 0.25) is 0 Å². The summed E-state index contributed by atoms with van der Waals surface area (Å²) in [6.07, 6.45) is 0.823. The number of primary amides is 1. The number of sulfone groups is 1. The maximum absolute atomic E-state index is 11.5. The molecule has 0 aliphatic carbocycles. The molecule has 1 saturated heterocycles. The number of carbonyl (C=O) groups excluding carboxylic acids is 1. The zero-order valence-corrected chi connectivity index (χ0v) is 10.1. The Bertz CT molecular complexity index is 342. The fraction of sp³-hybridized carbons (Fsp3) is 0.889. The molecule has 0 aromatic carbocycles. The number of hydrogen-bond donors (Lipinski definition) is 2. The summed E-state index contributed by atoms with van der Waals surface area (Å²) in [5.41, 5.74) is 10.6. The van der Waals surface area contributed by atoms with E-state index >= 15 is 0 Å². The van der Waals surface area contributed by atoms with Crippen LogP contribution >= 0.6 is 0 Å². The SMILES string of the molecule is NC(=O)CCS(=O)(=O)CCN1CC[C@@H](N)C1. The zero-order chi connectivity index (χ0) is 12.2. The maximum atomic E-state index is 11.5. The fourth-order valence-electron chi connectivity index (χ4n) is 1.69. The average molecular weight is 249 g/mol. The van der Waals surface area contributed by atoms with E-state index in [4.69, 9.17) is 11.5 Å². The van der Waals surface area contributed by atoms with E-state index in [1.165, 1.54) is 0 Å². The molecule has 1 fully saturated rings. The predicted octanol–water partition coefficient (Wildman–Crippen LogP) is -1.69. The molecule has 1 aliphatic rings. The highest BCUT2D eigenvalue weighted by molar-refractivity contribution is 7.91. The highest BCUT2D eigenvalue weighted by Gasteiger charge is 2.21. The molecule has 4 N–H and O–H groups in total. The largest absolute Gasteiger partial charge is 0.370 e. The number of rotatable bonds is 6. The van der Waals surface area contributed by atoms with Crippen molar-refractivity contribution < 1.29 is 13.2 Å². The molecular weight excluding hydrogens is 230 g/mol. The van der Waals surface area contributed by atoms with Gasteiger partial charge < -0.3 is 16.4 Å². The van der Waals surface area contributed by atoms with Crippen molar-refractivity contribution in [3.63, 3.8) is 0 Å². The Morgan fingerprint density at radius 3 is 2.56 bits per heavy atom. The van der Waals surface area contributed by atoms with Gasteiger partial charge in [0.2, 0.25) is 5.91 Å². The van der Waals surface area contributed by atoms with E-state index in [0.29, 0.717) is 6.54 Å². The number of hydrogen-bond acceptors (Lipinski definition) is 5. The van der Waals surface area contributed by atoms with Crippen LogP contribution in [0, 0.1) is 0 Å². The Kier molecular flexibility index (Phi) is 4.69. The monoisotopic (exact) mass is 249 g/mol. The van der Waals surface area contributed by atoms with Crippen LogP contribution in [0.3, 0.4) is 0 Å². The molecule has 1 aliphatic heterocycles. The minimum absolute atomic E-state index is 0.0764. The van der Waals surface area contributed by atoms with E-state index in [1.807, 2.05) is 4.90 Å². The summed E-state index contributed by atoms with van der Waals surface area (Å²) >= 11 is 0. The van der Waals surface area contributed by atoms with E-state index < -0.39 is 15.7 Å². The molecule has 1 amide bonds. The molecule has 1 rings (SSSR count). The lowest BCUT2D eigenvalue weighted by Gasteiger charge is -2.14. The van der Waals surface area contributed by atoms with E-state index in [9.17, 15) is 13.2 Å². The van der Waals surface area contributed by atoms with Crippen molar-refractivity contribution in [2.45, 2.75) is 18.9 Å². The molecule has 0 unspecified atom stereocenters. The summed E-state index contributed by atoms with van der Waals surface area (Å²) in [7, 11) is -3.16. The topological polar surface area (TPSA) is 106 Å². The molecule has 7 heteroatoms. The van der Waals surface area contributed by atoms with Crippen LogP contribution in [0.25, 0.3) is 0 Å². The second-order valence-electron chi connectivity index (χ2n) is 4.22. The maximum Gasteiger partial charge on any atom is 0.218 e. The molecule has 0 aromatic rings. The van der Waals surface area contributed by atoms with Gasteiger partial charge in [0, 0.05) is 25.6 Å². The first kappa shape index (κ1) is 13.4. The molecule has 16 heavy (non-hydrogen) atoms. The van der Waals surface area contributed by atoms with Crippen molar-refractivity contribution in [1.82, 2.24) is 4.90 Å². The number of nitrogens with zero attached hydrogens (tertiary/aromatic N) is 1. The summed E-state index contributed by atoms with van der Waals surface area (Å²) in [6, 6.07) is 0.160. The highest BCUT2D eigenvalue weighted by atomic mass is 32.2. The predicted molar refractivity (Wildman–Crippen MR) is 61.5 cm³/mol. The van der Waals surface area contributed by atoms with Crippen molar-refractivity contribution in [3.8, 4) is 0 Å². The Morgan fingerprint density at radius 2 is 2.06 bits per heavy atom. The average Bonchev–Trinajstić information content (AvgIpc) is 2.59. The smallest absolute Gasteiger partial charge is 0.218 e. The van der Waals surface area contributed by atoms with Crippen molar-refractivity contribution in [2.24, 2.45) is 11.5 Å². The summed E-state index contributed by atoms with van der Waals surface area (Å²) in [5.74, 6) is -0.651. The highest BCUT2D eigenvalue weighted by Crippen LogP contribution is 2.07. The molecule has 0 bridgehead atoms. The molecule has 94 valence electrons. The van der Waals surface area contributed by atoms with Gasteiger partial charge in [-0.2, -0.15) is 0 Å². The first-order chi connectivity index (χ1) is 7.39. The third kappa shape index (κ3) is 4.91. The van der Waals surface area contributed by atoms with Crippen LogP contribution in [0.15, 0.2) is 0 Å². The summed E-state index contributed by atoms with van der Waals surface area (Å²) in [4.78, 5) is 12.5. The molecule has 0 spiro atoms. The van der Waals surface area contributed by atoms with Gasteiger partial charge in [0.05, 0.1) is 11.5 Å². The van der Waals surface area contributed by atoms with Crippen LogP contribution < -0.4 is 11.5 Å². The minimum Gasteiger partial charge on any atom is -0.370 e. The Morgan fingerprint density at radius 1 is 1.38 bits per heavy atom. The van der Waals surface area contributed by atoms with E-state index in [2.05, 4.69) is 0 Å². The van der Waals surface area contributed by atoms with Gasteiger partial charge in [0.15, 0.2) is 9.84 Å². The van der Waals surface area contributed by atoms with Gasteiger partial charge in [0.1, 0.15) is 0 Å². The molecule has 0 aromatic heterocycles. The van der Waals surface area contributed by atoms with E-state index in [0.717, 1.165) is 19.5 Å². The molecule has 6 nitrogen and oxygen atoms in total. The van der Waals surface area contributed by atoms with Crippen molar-refractivity contribution in [2.75, 3.05) is 31.1 Å². The molecule has 0 radical (unpaired) electrons. The summed E-state index contributed by atoms with van der Waals surface area (Å²) < 4.78 is 23.0. The van der Waals surface area contributed by atoms with Gasteiger partial charge >= 0.3 is 0 Å².